The quantitative estimate of drug-likeness (QED) is 0.760. The molecule has 1 aromatic carbocycles. The van der Waals surface area contributed by atoms with E-state index in [-0.39, 0.29) is 6.04 Å². The van der Waals surface area contributed by atoms with Crippen molar-refractivity contribution < 1.29 is 0 Å². The van der Waals surface area contributed by atoms with Crippen LogP contribution >= 0.6 is 0 Å². The van der Waals surface area contributed by atoms with Crippen LogP contribution in [0.25, 0.3) is 0 Å². The zero-order valence-electron chi connectivity index (χ0n) is 9.09. The molecule has 0 amide bonds. The summed E-state index contributed by atoms with van der Waals surface area (Å²) < 4.78 is 0. The van der Waals surface area contributed by atoms with E-state index in [0.29, 0.717) is 0 Å². The Kier molecular flexibility index (Phi) is 2.60. The van der Waals surface area contributed by atoms with Crippen molar-refractivity contribution in [2.75, 3.05) is 0 Å². The maximum atomic E-state index is 6.25. The van der Waals surface area contributed by atoms with Crippen molar-refractivity contribution in [1.29, 1.82) is 0 Å². The molecule has 0 unspecified atom stereocenters. The van der Waals surface area contributed by atoms with Gasteiger partial charge in [0.2, 0.25) is 0 Å². The Labute approximate surface area is 86.3 Å². The first-order chi connectivity index (χ1) is 6.68. The van der Waals surface area contributed by atoms with Crippen molar-refractivity contribution in [3.05, 3.63) is 34.9 Å². The number of benzene rings is 1. The van der Waals surface area contributed by atoms with Gasteiger partial charge in [-0.1, -0.05) is 30.2 Å². The van der Waals surface area contributed by atoms with Gasteiger partial charge < -0.3 is 5.73 Å². The Morgan fingerprint density at radius 2 is 2.00 bits per heavy atom. The second kappa shape index (κ2) is 3.74. The molecule has 76 valence electrons. The lowest BCUT2D eigenvalue weighted by molar-refractivity contribution is 0.264. The van der Waals surface area contributed by atoms with Crippen molar-refractivity contribution in [3.8, 4) is 0 Å². The summed E-state index contributed by atoms with van der Waals surface area (Å²) in [5.41, 5.74) is 10.3. The van der Waals surface area contributed by atoms with Crippen LogP contribution in [0, 0.1) is 19.8 Å². The predicted octanol–water partition coefficient (Wildman–Crippen LogP) is 3.10. The zero-order valence-corrected chi connectivity index (χ0v) is 9.09. The highest BCUT2D eigenvalue weighted by Crippen LogP contribution is 2.37. The molecule has 1 fully saturated rings. The molecule has 14 heavy (non-hydrogen) atoms. The van der Waals surface area contributed by atoms with E-state index in [1.54, 1.807) is 0 Å². The van der Waals surface area contributed by atoms with Gasteiger partial charge in [-0.25, -0.2) is 0 Å². The van der Waals surface area contributed by atoms with Crippen LogP contribution in [0.3, 0.4) is 0 Å². The molecule has 1 atom stereocenters. The lowest BCUT2D eigenvalue weighted by atomic mass is 9.76. The van der Waals surface area contributed by atoms with E-state index in [2.05, 4.69) is 32.0 Å². The highest BCUT2D eigenvalue weighted by molar-refractivity contribution is 5.33. The van der Waals surface area contributed by atoms with Gasteiger partial charge in [-0.05, 0) is 43.7 Å². The number of nitrogens with two attached hydrogens (primary N) is 1. The molecule has 0 aliphatic heterocycles. The van der Waals surface area contributed by atoms with Gasteiger partial charge in [0.25, 0.3) is 0 Å². The summed E-state index contributed by atoms with van der Waals surface area (Å²) in [6, 6.07) is 6.87. The van der Waals surface area contributed by atoms with Crippen LogP contribution in [0.4, 0.5) is 0 Å². The maximum Gasteiger partial charge on any atom is 0.0326 e. The third-order valence-electron chi connectivity index (χ3n) is 3.44. The molecule has 0 aromatic heterocycles. The smallest absolute Gasteiger partial charge is 0.0326 e. The van der Waals surface area contributed by atoms with Crippen LogP contribution in [-0.4, -0.2) is 0 Å². The fourth-order valence-corrected chi connectivity index (χ4v) is 2.25. The summed E-state index contributed by atoms with van der Waals surface area (Å²) in [5, 5.41) is 0. The summed E-state index contributed by atoms with van der Waals surface area (Å²) in [7, 11) is 0. The van der Waals surface area contributed by atoms with Gasteiger partial charge in [0.05, 0.1) is 0 Å². The molecule has 2 rings (SSSR count). The lowest BCUT2D eigenvalue weighted by Crippen LogP contribution is -2.27. The fraction of sp³-hybridized carbons (Fsp3) is 0.538. The summed E-state index contributed by atoms with van der Waals surface area (Å²) in [6.45, 7) is 4.30. The molecular formula is C13H19N. The molecule has 1 aliphatic rings. The van der Waals surface area contributed by atoms with E-state index in [9.17, 15) is 0 Å². The first-order valence-electron chi connectivity index (χ1n) is 5.51. The van der Waals surface area contributed by atoms with Crippen molar-refractivity contribution >= 4 is 0 Å². The number of aryl methyl sites for hydroxylation is 2. The van der Waals surface area contributed by atoms with Crippen molar-refractivity contribution in [3.63, 3.8) is 0 Å². The van der Waals surface area contributed by atoms with Gasteiger partial charge in [-0.2, -0.15) is 0 Å². The molecule has 0 spiro atoms. The third-order valence-corrected chi connectivity index (χ3v) is 3.44. The molecule has 1 saturated carbocycles. The summed E-state index contributed by atoms with van der Waals surface area (Å²) in [5.74, 6) is 0.733. The molecule has 1 nitrogen and oxygen atoms in total. The van der Waals surface area contributed by atoms with Gasteiger partial charge in [-0.3, -0.25) is 0 Å². The third kappa shape index (κ3) is 1.69. The molecule has 1 aromatic rings. The van der Waals surface area contributed by atoms with E-state index in [1.807, 2.05) is 0 Å². The summed E-state index contributed by atoms with van der Waals surface area (Å²) in [4.78, 5) is 0. The van der Waals surface area contributed by atoms with E-state index in [4.69, 9.17) is 5.73 Å². The lowest BCUT2D eigenvalue weighted by Gasteiger charge is -2.32. The van der Waals surface area contributed by atoms with Crippen molar-refractivity contribution in [2.24, 2.45) is 11.7 Å². The normalized spacial score (nSPS) is 19.1. The molecule has 0 bridgehead atoms. The largest absolute Gasteiger partial charge is 0.324 e. The highest BCUT2D eigenvalue weighted by Gasteiger charge is 2.26. The minimum absolute atomic E-state index is 0.268. The molecule has 0 saturated heterocycles. The number of hydrogen-bond donors (Lipinski definition) is 1. The molecular weight excluding hydrogens is 170 g/mol. The van der Waals surface area contributed by atoms with Crippen molar-refractivity contribution in [1.82, 2.24) is 0 Å². The maximum absolute atomic E-state index is 6.25. The molecule has 1 aliphatic carbocycles. The fourth-order valence-electron chi connectivity index (χ4n) is 2.25. The average Bonchev–Trinajstić information content (AvgIpc) is 2.00. The molecule has 0 heterocycles. The van der Waals surface area contributed by atoms with E-state index in [0.717, 1.165) is 5.92 Å². The monoisotopic (exact) mass is 189 g/mol. The van der Waals surface area contributed by atoms with Crippen LogP contribution in [0.5, 0.6) is 0 Å². The predicted molar refractivity (Wildman–Crippen MR) is 60.2 cm³/mol. The second-order valence-corrected chi connectivity index (χ2v) is 4.58. The van der Waals surface area contributed by atoms with Crippen LogP contribution in [0.2, 0.25) is 0 Å². The summed E-state index contributed by atoms with van der Waals surface area (Å²) in [6.07, 6.45) is 3.99. The van der Waals surface area contributed by atoms with E-state index >= 15 is 0 Å². The van der Waals surface area contributed by atoms with Gasteiger partial charge in [0.15, 0.2) is 0 Å². The zero-order chi connectivity index (χ0) is 10.1. The Morgan fingerprint density at radius 3 is 2.50 bits per heavy atom. The standard InChI is InChI=1S/C13H19N/c1-9-6-7-12(10(2)8-9)13(14)11-4-3-5-11/h6-8,11,13H,3-5,14H2,1-2H3/t13-/m1/s1. The topological polar surface area (TPSA) is 26.0 Å². The van der Waals surface area contributed by atoms with Crippen LogP contribution in [0.15, 0.2) is 18.2 Å². The molecule has 0 radical (unpaired) electrons. The second-order valence-electron chi connectivity index (χ2n) is 4.58. The van der Waals surface area contributed by atoms with Crippen LogP contribution in [-0.2, 0) is 0 Å². The SMILES string of the molecule is Cc1ccc([C@H](N)C2CCC2)c(C)c1. The van der Waals surface area contributed by atoms with Gasteiger partial charge >= 0.3 is 0 Å². The highest BCUT2D eigenvalue weighted by atomic mass is 14.7. The first-order valence-corrected chi connectivity index (χ1v) is 5.51. The molecule has 2 N–H and O–H groups in total. The van der Waals surface area contributed by atoms with Crippen molar-refractivity contribution in [2.45, 2.75) is 39.2 Å². The minimum atomic E-state index is 0.268. The number of rotatable bonds is 2. The Bertz CT molecular complexity index is 326. The van der Waals surface area contributed by atoms with E-state index in [1.165, 1.54) is 36.0 Å². The van der Waals surface area contributed by atoms with Crippen LogP contribution in [0.1, 0.15) is 42.0 Å². The summed E-state index contributed by atoms with van der Waals surface area (Å²) >= 11 is 0. The van der Waals surface area contributed by atoms with Crippen LogP contribution < -0.4 is 5.73 Å². The van der Waals surface area contributed by atoms with Gasteiger partial charge in [0.1, 0.15) is 0 Å². The Balaban J connectivity index is 2.22. The average molecular weight is 189 g/mol. The minimum Gasteiger partial charge on any atom is -0.324 e. The van der Waals surface area contributed by atoms with Gasteiger partial charge in [-0.15, -0.1) is 0 Å². The number of hydrogen-bond acceptors (Lipinski definition) is 1. The van der Waals surface area contributed by atoms with Gasteiger partial charge in [0, 0.05) is 6.04 Å². The van der Waals surface area contributed by atoms with E-state index < -0.39 is 0 Å². The first kappa shape index (κ1) is 9.72. The molecule has 1 heteroatoms. The Morgan fingerprint density at radius 1 is 1.29 bits per heavy atom. The Hall–Kier alpha value is -0.820.